The van der Waals surface area contributed by atoms with Crippen LogP contribution in [0.1, 0.15) is 69.8 Å². The fourth-order valence-electron chi connectivity index (χ4n) is 6.10. The van der Waals surface area contributed by atoms with Crippen LogP contribution < -0.4 is 5.30 Å². The lowest BCUT2D eigenvalue weighted by molar-refractivity contribution is 0.487. The first kappa shape index (κ1) is 21.9. The summed E-state index contributed by atoms with van der Waals surface area (Å²) in [4.78, 5) is 0. The molecule has 2 aliphatic carbocycles. The summed E-state index contributed by atoms with van der Waals surface area (Å²) in [6.07, 6.45) is 14.6. The molecular formula is C31H37P. The van der Waals surface area contributed by atoms with Crippen molar-refractivity contribution in [1.29, 1.82) is 0 Å². The van der Waals surface area contributed by atoms with Crippen molar-refractivity contribution in [2.75, 3.05) is 0 Å². The van der Waals surface area contributed by atoms with Crippen LogP contribution >= 0.6 is 7.92 Å². The molecule has 3 aromatic rings. The van der Waals surface area contributed by atoms with Crippen molar-refractivity contribution in [3.63, 3.8) is 0 Å². The number of rotatable bonds is 5. The van der Waals surface area contributed by atoms with Crippen LogP contribution in [-0.2, 0) is 0 Å². The minimum atomic E-state index is -0.0300. The number of benzene rings is 3. The Balaban J connectivity index is 1.47. The minimum absolute atomic E-state index is 0.0300. The lowest BCUT2D eigenvalue weighted by Crippen LogP contribution is -2.26. The van der Waals surface area contributed by atoms with E-state index in [-0.39, 0.29) is 7.92 Å². The number of hydrogen-bond acceptors (Lipinski definition) is 0. The van der Waals surface area contributed by atoms with Crippen LogP contribution in [0, 0.1) is 6.92 Å². The Kier molecular flexibility index (Phi) is 7.09. The summed E-state index contributed by atoms with van der Waals surface area (Å²) in [5, 5.41) is 1.68. The predicted molar refractivity (Wildman–Crippen MR) is 142 cm³/mol. The monoisotopic (exact) mass is 440 g/mol. The van der Waals surface area contributed by atoms with Crippen LogP contribution in [-0.4, -0.2) is 11.3 Å². The lowest BCUT2D eigenvalue weighted by atomic mass is 9.92. The molecule has 2 aliphatic rings. The van der Waals surface area contributed by atoms with Crippen molar-refractivity contribution >= 4 is 13.2 Å². The molecule has 0 radical (unpaired) electrons. The van der Waals surface area contributed by atoms with Crippen molar-refractivity contribution in [1.82, 2.24) is 0 Å². The van der Waals surface area contributed by atoms with Crippen molar-refractivity contribution in [2.24, 2.45) is 0 Å². The molecule has 0 N–H and O–H groups in total. The molecule has 0 amide bonds. The standard InChI is InChI=1S/C31H37P/c1-24-12-8-9-17-29(24)31-19-11-10-18-30(31)25-20-22-28(23-21-25)32(26-13-4-2-5-14-26)27-15-6-3-7-16-27/h8-12,17-23,26-27H,2-7,13-16H2,1H3. The van der Waals surface area contributed by atoms with Gasteiger partial charge in [-0.2, -0.15) is 0 Å². The third-order valence-electron chi connectivity index (χ3n) is 7.77. The summed E-state index contributed by atoms with van der Waals surface area (Å²) in [7, 11) is -0.0300. The van der Waals surface area contributed by atoms with Gasteiger partial charge in [0.25, 0.3) is 0 Å². The number of aryl methyl sites for hydroxylation is 1. The molecule has 3 aromatic carbocycles. The molecule has 32 heavy (non-hydrogen) atoms. The maximum Gasteiger partial charge on any atom is -0.0103 e. The normalized spacial score (nSPS) is 18.2. The minimum Gasteiger partial charge on any atom is -0.0690 e. The van der Waals surface area contributed by atoms with Gasteiger partial charge in [-0.25, -0.2) is 0 Å². The summed E-state index contributed by atoms with van der Waals surface area (Å²) in [6.45, 7) is 2.22. The highest BCUT2D eigenvalue weighted by Crippen LogP contribution is 2.55. The highest BCUT2D eigenvalue weighted by atomic mass is 31.1. The maximum atomic E-state index is 2.51. The first-order chi connectivity index (χ1) is 15.8. The first-order valence-corrected chi connectivity index (χ1v) is 14.3. The van der Waals surface area contributed by atoms with Gasteiger partial charge < -0.3 is 0 Å². The van der Waals surface area contributed by atoms with E-state index in [9.17, 15) is 0 Å². The van der Waals surface area contributed by atoms with Crippen LogP contribution in [0.25, 0.3) is 22.3 Å². The van der Waals surface area contributed by atoms with Crippen LogP contribution in [0.15, 0.2) is 72.8 Å². The average molecular weight is 441 g/mol. The molecule has 0 aliphatic heterocycles. The summed E-state index contributed by atoms with van der Waals surface area (Å²) in [6, 6.07) is 27.6. The van der Waals surface area contributed by atoms with Gasteiger partial charge in [0.05, 0.1) is 0 Å². The highest BCUT2D eigenvalue weighted by molar-refractivity contribution is 7.67. The summed E-state index contributed by atoms with van der Waals surface area (Å²) in [5.41, 5.74) is 8.68. The van der Waals surface area contributed by atoms with E-state index in [1.807, 2.05) is 0 Å². The maximum absolute atomic E-state index is 2.51. The second-order valence-electron chi connectivity index (χ2n) is 9.90. The van der Waals surface area contributed by atoms with Gasteiger partial charge in [-0.1, -0.05) is 119 Å². The summed E-state index contributed by atoms with van der Waals surface area (Å²) in [5.74, 6) is 0. The van der Waals surface area contributed by atoms with Gasteiger partial charge in [-0.05, 0) is 77.0 Å². The largest absolute Gasteiger partial charge is 0.0690 e. The molecule has 166 valence electrons. The molecule has 0 bridgehead atoms. The van der Waals surface area contributed by atoms with Crippen LogP contribution in [0.4, 0.5) is 0 Å². The van der Waals surface area contributed by atoms with Crippen molar-refractivity contribution in [3.05, 3.63) is 78.4 Å². The topological polar surface area (TPSA) is 0 Å². The zero-order valence-electron chi connectivity index (χ0n) is 19.6. The van der Waals surface area contributed by atoms with E-state index >= 15 is 0 Å². The second-order valence-corrected chi connectivity index (χ2v) is 12.7. The molecule has 0 heterocycles. The zero-order chi connectivity index (χ0) is 21.8. The smallest absolute Gasteiger partial charge is 0.0103 e. The van der Waals surface area contributed by atoms with E-state index in [4.69, 9.17) is 0 Å². The van der Waals surface area contributed by atoms with Crippen LogP contribution in [0.2, 0.25) is 0 Å². The molecule has 0 saturated heterocycles. The van der Waals surface area contributed by atoms with Crippen molar-refractivity contribution in [2.45, 2.75) is 82.4 Å². The predicted octanol–water partition coefficient (Wildman–Crippen LogP) is 9.10. The van der Waals surface area contributed by atoms with Gasteiger partial charge in [-0.15, -0.1) is 0 Å². The Morgan fingerprint density at radius 1 is 0.531 bits per heavy atom. The fraction of sp³-hybridized carbons (Fsp3) is 0.419. The Morgan fingerprint density at radius 2 is 1.03 bits per heavy atom. The molecule has 0 nitrogen and oxygen atoms in total. The van der Waals surface area contributed by atoms with E-state index < -0.39 is 0 Å². The lowest BCUT2D eigenvalue weighted by Gasteiger charge is -2.38. The van der Waals surface area contributed by atoms with Crippen molar-refractivity contribution < 1.29 is 0 Å². The van der Waals surface area contributed by atoms with Gasteiger partial charge in [0.2, 0.25) is 0 Å². The number of hydrogen-bond donors (Lipinski definition) is 0. The SMILES string of the molecule is Cc1ccccc1-c1ccccc1-c1ccc(P(C2CCCCC2)C2CCCCC2)cc1. The van der Waals surface area contributed by atoms with E-state index in [0.717, 1.165) is 11.3 Å². The molecule has 0 aromatic heterocycles. The van der Waals surface area contributed by atoms with Gasteiger partial charge in [0.1, 0.15) is 0 Å². The molecule has 1 heteroatoms. The summed E-state index contributed by atoms with van der Waals surface area (Å²) >= 11 is 0. The summed E-state index contributed by atoms with van der Waals surface area (Å²) < 4.78 is 0. The molecular weight excluding hydrogens is 403 g/mol. The molecule has 2 saturated carbocycles. The molecule has 0 spiro atoms. The zero-order valence-corrected chi connectivity index (χ0v) is 20.5. The molecule has 2 fully saturated rings. The average Bonchev–Trinajstić information content (AvgIpc) is 2.86. The first-order valence-electron chi connectivity index (χ1n) is 12.8. The van der Waals surface area contributed by atoms with Crippen molar-refractivity contribution in [3.8, 4) is 22.3 Å². The molecule has 5 rings (SSSR count). The van der Waals surface area contributed by atoms with Gasteiger partial charge >= 0.3 is 0 Å². The van der Waals surface area contributed by atoms with E-state index in [2.05, 4.69) is 79.7 Å². The van der Waals surface area contributed by atoms with Crippen LogP contribution in [0.5, 0.6) is 0 Å². The third-order valence-corrected chi connectivity index (χ3v) is 11.3. The van der Waals surface area contributed by atoms with Crippen LogP contribution in [0.3, 0.4) is 0 Å². The highest BCUT2D eigenvalue weighted by Gasteiger charge is 2.32. The van der Waals surface area contributed by atoms with E-state index in [1.54, 1.807) is 5.30 Å². The Labute approximate surface area is 196 Å². The van der Waals surface area contributed by atoms with Gasteiger partial charge in [-0.3, -0.25) is 0 Å². The van der Waals surface area contributed by atoms with Gasteiger partial charge in [0, 0.05) is 0 Å². The fourth-order valence-corrected chi connectivity index (χ4v) is 9.87. The third kappa shape index (κ3) is 4.72. The molecule has 0 unspecified atom stereocenters. The van der Waals surface area contributed by atoms with E-state index in [0.29, 0.717) is 0 Å². The van der Waals surface area contributed by atoms with Gasteiger partial charge in [0.15, 0.2) is 0 Å². The van der Waals surface area contributed by atoms with E-state index in [1.165, 1.54) is 92.0 Å². The second kappa shape index (κ2) is 10.4. The molecule has 0 atom stereocenters. The Hall–Kier alpha value is -1.91. The Morgan fingerprint density at radius 3 is 1.59 bits per heavy atom. The quantitative estimate of drug-likeness (QED) is 0.347. The Bertz CT molecular complexity index is 989.